The van der Waals surface area contributed by atoms with Gasteiger partial charge in [-0.25, -0.2) is 4.39 Å². The number of rotatable bonds is 2. The molecule has 3 nitrogen and oxygen atoms in total. The van der Waals surface area contributed by atoms with Gasteiger partial charge in [0.05, 0.1) is 5.69 Å². The maximum absolute atomic E-state index is 13.7. The zero-order chi connectivity index (χ0) is 14.1. The van der Waals surface area contributed by atoms with Crippen molar-refractivity contribution in [3.05, 3.63) is 58.3 Å². The first-order chi connectivity index (χ1) is 9.63. The molecule has 2 aromatic carbocycles. The monoisotopic (exact) mass is 334 g/mol. The van der Waals surface area contributed by atoms with Crippen molar-refractivity contribution in [2.24, 2.45) is 0 Å². The number of fused-ring (bicyclic) bond motifs is 1. The number of nitrogens with one attached hydrogen (secondary N) is 2. The fourth-order valence-electron chi connectivity index (χ4n) is 2.27. The number of carbonyl (C=O) groups is 1. The Balaban J connectivity index is 1.72. The molecule has 1 heterocycles. The Morgan fingerprint density at radius 1 is 1.30 bits per heavy atom. The lowest BCUT2D eigenvalue weighted by molar-refractivity contribution is -0.116. The molecular formula is C15H12BrFN2O. The van der Waals surface area contributed by atoms with Gasteiger partial charge in [0.2, 0.25) is 5.91 Å². The number of para-hydroxylation sites is 1. The number of carbonyl (C=O) groups excluding carboxylic acids is 1. The van der Waals surface area contributed by atoms with E-state index < -0.39 is 5.82 Å². The minimum absolute atomic E-state index is 0.191. The SMILES string of the molecule is O=C(Nc1ccc(Br)cc1F)[C@@H]1Cc2ccccc2N1. The highest BCUT2D eigenvalue weighted by molar-refractivity contribution is 9.10. The average molecular weight is 335 g/mol. The highest BCUT2D eigenvalue weighted by atomic mass is 79.9. The molecule has 1 aliphatic rings. The van der Waals surface area contributed by atoms with Crippen molar-refractivity contribution >= 4 is 33.2 Å². The molecule has 102 valence electrons. The Bertz CT molecular complexity index is 650. The summed E-state index contributed by atoms with van der Waals surface area (Å²) >= 11 is 3.18. The fourth-order valence-corrected chi connectivity index (χ4v) is 2.60. The van der Waals surface area contributed by atoms with E-state index in [1.54, 1.807) is 12.1 Å². The first kappa shape index (κ1) is 13.1. The van der Waals surface area contributed by atoms with Crippen LogP contribution in [0.1, 0.15) is 5.56 Å². The van der Waals surface area contributed by atoms with Gasteiger partial charge in [0.25, 0.3) is 0 Å². The van der Waals surface area contributed by atoms with Gasteiger partial charge < -0.3 is 10.6 Å². The lowest BCUT2D eigenvalue weighted by Crippen LogP contribution is -2.33. The van der Waals surface area contributed by atoms with Crippen molar-refractivity contribution < 1.29 is 9.18 Å². The van der Waals surface area contributed by atoms with Crippen LogP contribution in [0.3, 0.4) is 0 Å². The van der Waals surface area contributed by atoms with Crippen LogP contribution in [0.15, 0.2) is 46.9 Å². The highest BCUT2D eigenvalue weighted by Gasteiger charge is 2.26. The predicted molar refractivity (Wildman–Crippen MR) is 80.3 cm³/mol. The van der Waals surface area contributed by atoms with Crippen molar-refractivity contribution in [1.29, 1.82) is 0 Å². The van der Waals surface area contributed by atoms with E-state index in [0.717, 1.165) is 11.3 Å². The molecule has 2 N–H and O–H groups in total. The molecule has 20 heavy (non-hydrogen) atoms. The summed E-state index contributed by atoms with van der Waals surface area (Å²) in [4.78, 5) is 12.2. The smallest absolute Gasteiger partial charge is 0.247 e. The van der Waals surface area contributed by atoms with Gasteiger partial charge in [0.15, 0.2) is 0 Å². The summed E-state index contributed by atoms with van der Waals surface area (Å²) in [6.07, 6.45) is 0.611. The molecule has 1 atom stereocenters. The maximum atomic E-state index is 13.7. The van der Waals surface area contributed by atoms with Crippen LogP contribution < -0.4 is 10.6 Å². The second kappa shape index (κ2) is 5.25. The van der Waals surface area contributed by atoms with Gasteiger partial charge in [0.1, 0.15) is 11.9 Å². The maximum Gasteiger partial charge on any atom is 0.247 e. The minimum atomic E-state index is -0.455. The summed E-state index contributed by atoms with van der Waals surface area (Å²) < 4.78 is 14.3. The third-order valence-electron chi connectivity index (χ3n) is 3.28. The number of amides is 1. The summed E-state index contributed by atoms with van der Waals surface area (Å²) in [5, 5.41) is 5.76. The molecule has 0 saturated carbocycles. The van der Waals surface area contributed by atoms with E-state index in [1.165, 1.54) is 6.07 Å². The minimum Gasteiger partial charge on any atom is -0.373 e. The van der Waals surface area contributed by atoms with Crippen LogP contribution >= 0.6 is 15.9 Å². The molecule has 3 rings (SSSR count). The summed E-state index contributed by atoms with van der Waals surface area (Å²) in [5.41, 5.74) is 2.25. The third-order valence-corrected chi connectivity index (χ3v) is 3.77. The molecule has 0 saturated heterocycles. The summed E-state index contributed by atoms with van der Waals surface area (Å²) in [7, 11) is 0. The molecule has 0 bridgehead atoms. The van der Waals surface area contributed by atoms with Crippen molar-refractivity contribution in [2.75, 3.05) is 10.6 Å². The van der Waals surface area contributed by atoms with Crippen molar-refractivity contribution in [1.82, 2.24) is 0 Å². The van der Waals surface area contributed by atoms with Gasteiger partial charge in [-0.15, -0.1) is 0 Å². The van der Waals surface area contributed by atoms with E-state index in [0.29, 0.717) is 10.9 Å². The highest BCUT2D eigenvalue weighted by Crippen LogP contribution is 2.26. The zero-order valence-electron chi connectivity index (χ0n) is 10.5. The largest absolute Gasteiger partial charge is 0.373 e. The molecule has 0 radical (unpaired) electrons. The number of benzene rings is 2. The van der Waals surface area contributed by atoms with Crippen molar-refractivity contribution in [2.45, 2.75) is 12.5 Å². The molecule has 1 aliphatic heterocycles. The van der Waals surface area contributed by atoms with Gasteiger partial charge in [-0.1, -0.05) is 34.1 Å². The summed E-state index contributed by atoms with van der Waals surface area (Å²) in [6, 6.07) is 12.0. The van der Waals surface area contributed by atoms with Crippen LogP contribution in [0.4, 0.5) is 15.8 Å². The first-order valence-electron chi connectivity index (χ1n) is 6.24. The van der Waals surface area contributed by atoms with Crippen LogP contribution in [0.25, 0.3) is 0 Å². The Morgan fingerprint density at radius 3 is 2.85 bits per heavy atom. The lowest BCUT2D eigenvalue weighted by atomic mass is 10.1. The van der Waals surface area contributed by atoms with E-state index in [2.05, 4.69) is 26.6 Å². The standard InChI is InChI=1S/C15H12BrFN2O/c16-10-5-6-13(11(17)8-10)19-15(20)14-7-9-3-1-2-4-12(9)18-14/h1-6,8,14,18H,7H2,(H,19,20)/t14-/m0/s1. The Kier molecular flexibility index (Phi) is 3.44. The number of anilines is 2. The molecule has 2 aromatic rings. The second-order valence-corrected chi connectivity index (χ2v) is 5.59. The Labute approximate surface area is 124 Å². The number of halogens is 2. The van der Waals surface area contributed by atoms with E-state index >= 15 is 0 Å². The van der Waals surface area contributed by atoms with Crippen LogP contribution in [-0.4, -0.2) is 11.9 Å². The normalized spacial score (nSPS) is 16.4. The van der Waals surface area contributed by atoms with E-state index in [9.17, 15) is 9.18 Å². The van der Waals surface area contributed by atoms with Gasteiger partial charge in [-0.3, -0.25) is 4.79 Å². The van der Waals surface area contributed by atoms with E-state index in [4.69, 9.17) is 0 Å². The second-order valence-electron chi connectivity index (χ2n) is 4.67. The van der Waals surface area contributed by atoms with Crippen LogP contribution in [0.5, 0.6) is 0 Å². The van der Waals surface area contributed by atoms with Crippen molar-refractivity contribution in [3.63, 3.8) is 0 Å². The van der Waals surface area contributed by atoms with Gasteiger partial charge >= 0.3 is 0 Å². The van der Waals surface area contributed by atoms with Crippen LogP contribution in [-0.2, 0) is 11.2 Å². The average Bonchev–Trinajstić information content (AvgIpc) is 2.86. The number of hydrogen-bond donors (Lipinski definition) is 2. The Morgan fingerprint density at radius 2 is 2.10 bits per heavy atom. The van der Waals surface area contributed by atoms with E-state index in [1.807, 2.05) is 24.3 Å². The molecule has 0 aliphatic carbocycles. The first-order valence-corrected chi connectivity index (χ1v) is 7.03. The van der Waals surface area contributed by atoms with Crippen LogP contribution in [0, 0.1) is 5.82 Å². The summed E-state index contributed by atoms with van der Waals surface area (Å²) in [5.74, 6) is -0.689. The molecule has 0 spiro atoms. The van der Waals surface area contributed by atoms with Gasteiger partial charge in [-0.2, -0.15) is 0 Å². The van der Waals surface area contributed by atoms with Crippen LogP contribution in [0.2, 0.25) is 0 Å². The predicted octanol–water partition coefficient (Wildman–Crippen LogP) is 3.56. The fraction of sp³-hybridized carbons (Fsp3) is 0.133. The lowest BCUT2D eigenvalue weighted by Gasteiger charge is -2.12. The Hall–Kier alpha value is -1.88. The molecule has 0 aromatic heterocycles. The van der Waals surface area contributed by atoms with Gasteiger partial charge in [0, 0.05) is 16.6 Å². The number of hydrogen-bond acceptors (Lipinski definition) is 2. The zero-order valence-corrected chi connectivity index (χ0v) is 12.1. The van der Waals surface area contributed by atoms with E-state index in [-0.39, 0.29) is 17.6 Å². The van der Waals surface area contributed by atoms with Gasteiger partial charge in [-0.05, 0) is 29.8 Å². The molecule has 1 amide bonds. The topological polar surface area (TPSA) is 41.1 Å². The summed E-state index contributed by atoms with van der Waals surface area (Å²) in [6.45, 7) is 0. The molecule has 5 heteroatoms. The molecule has 0 fully saturated rings. The molecule has 0 unspecified atom stereocenters. The van der Waals surface area contributed by atoms with Crippen molar-refractivity contribution in [3.8, 4) is 0 Å². The quantitative estimate of drug-likeness (QED) is 0.881. The third kappa shape index (κ3) is 2.54. The molecular weight excluding hydrogens is 323 g/mol.